The molecule has 7 heteroatoms. The summed E-state index contributed by atoms with van der Waals surface area (Å²) in [5.74, 6) is -0.151. The number of nitrogens with zero attached hydrogens (tertiary/aromatic N) is 3. The van der Waals surface area contributed by atoms with Gasteiger partial charge in [0.05, 0.1) is 42.2 Å². The number of pyridine rings is 1. The lowest BCUT2D eigenvalue weighted by Gasteiger charge is -2.28. The van der Waals surface area contributed by atoms with E-state index < -0.39 is 12.1 Å². The molecule has 152 valence electrons. The number of amides is 1. The molecule has 2 atom stereocenters. The first-order valence-corrected chi connectivity index (χ1v) is 10.1. The number of hydrogen-bond acceptors (Lipinski definition) is 5. The number of fused-ring (bicyclic) bond motifs is 4. The van der Waals surface area contributed by atoms with Crippen LogP contribution in [0.1, 0.15) is 36.3 Å². The fraction of sp³-hybridized carbons (Fsp3) is 0.409. The second-order valence-electron chi connectivity index (χ2n) is 7.29. The maximum atomic E-state index is 12.8. The van der Waals surface area contributed by atoms with E-state index >= 15 is 0 Å². The number of nitrogens with one attached hydrogen (secondary N) is 1. The van der Waals surface area contributed by atoms with Crippen LogP contribution in [0.5, 0.6) is 0 Å². The van der Waals surface area contributed by atoms with Crippen molar-refractivity contribution in [2.45, 2.75) is 44.9 Å². The minimum absolute atomic E-state index is 0.151. The molecule has 2 bridgehead atoms. The molecule has 2 aromatic heterocycles. The number of hydrogen-bond donors (Lipinski definition) is 2. The Morgan fingerprint density at radius 3 is 2.90 bits per heavy atom. The number of aryl methyl sites for hydroxylation is 2. The zero-order chi connectivity index (χ0) is 20.2. The summed E-state index contributed by atoms with van der Waals surface area (Å²) in [5, 5.41) is 18.4. The Kier molecular flexibility index (Phi) is 5.87. The third-order valence-corrected chi connectivity index (χ3v) is 5.30. The third-order valence-electron chi connectivity index (χ3n) is 5.30. The van der Waals surface area contributed by atoms with Gasteiger partial charge in [-0.15, -0.1) is 0 Å². The van der Waals surface area contributed by atoms with Gasteiger partial charge in [-0.3, -0.25) is 14.5 Å². The summed E-state index contributed by atoms with van der Waals surface area (Å²) in [6, 6.07) is 11.2. The molecule has 1 amide bonds. The van der Waals surface area contributed by atoms with Gasteiger partial charge in [0.1, 0.15) is 6.10 Å². The Labute approximate surface area is 169 Å². The molecule has 0 aliphatic carbocycles. The number of aliphatic hydroxyl groups excluding tert-OH is 1. The van der Waals surface area contributed by atoms with E-state index in [0.29, 0.717) is 6.61 Å². The Balaban J connectivity index is 1.69. The van der Waals surface area contributed by atoms with Gasteiger partial charge in [0, 0.05) is 18.5 Å². The van der Waals surface area contributed by atoms with E-state index in [1.165, 1.54) is 0 Å². The molecule has 0 saturated carbocycles. The van der Waals surface area contributed by atoms with Crippen LogP contribution in [0.4, 0.5) is 0 Å². The number of rotatable bonds is 3. The van der Waals surface area contributed by atoms with Crippen molar-refractivity contribution in [3.05, 3.63) is 59.5 Å². The van der Waals surface area contributed by atoms with Gasteiger partial charge in [0.15, 0.2) is 0 Å². The fourth-order valence-electron chi connectivity index (χ4n) is 3.93. The van der Waals surface area contributed by atoms with Crippen LogP contribution in [0, 0.1) is 0 Å². The smallest absolute Gasteiger partial charge is 0.226 e. The average molecular weight is 394 g/mol. The topological polar surface area (TPSA) is 89.3 Å². The SMILES string of the molecule is CCn1ncc2cc3nc(c21)CCCO[C@@H](CO)[C@@H](c1ccccc1)NC(=O)C3. The van der Waals surface area contributed by atoms with Crippen LogP contribution in [0.15, 0.2) is 42.6 Å². The van der Waals surface area contributed by atoms with Gasteiger partial charge >= 0.3 is 0 Å². The zero-order valence-corrected chi connectivity index (χ0v) is 16.5. The van der Waals surface area contributed by atoms with Gasteiger partial charge in [-0.2, -0.15) is 5.10 Å². The molecular weight excluding hydrogens is 368 g/mol. The monoisotopic (exact) mass is 394 g/mol. The molecule has 1 aliphatic rings. The van der Waals surface area contributed by atoms with Crippen molar-refractivity contribution < 1.29 is 14.6 Å². The van der Waals surface area contributed by atoms with Gasteiger partial charge in [-0.1, -0.05) is 30.3 Å². The van der Waals surface area contributed by atoms with E-state index in [-0.39, 0.29) is 18.9 Å². The zero-order valence-electron chi connectivity index (χ0n) is 16.5. The van der Waals surface area contributed by atoms with E-state index in [9.17, 15) is 9.90 Å². The first-order valence-electron chi connectivity index (χ1n) is 10.1. The lowest BCUT2D eigenvalue weighted by molar-refractivity contribution is -0.123. The van der Waals surface area contributed by atoms with Crippen molar-refractivity contribution in [1.29, 1.82) is 0 Å². The first-order chi connectivity index (χ1) is 14.2. The second-order valence-corrected chi connectivity index (χ2v) is 7.29. The molecule has 1 aromatic carbocycles. The second kappa shape index (κ2) is 8.71. The third kappa shape index (κ3) is 4.16. The molecule has 0 saturated heterocycles. The molecule has 0 unspecified atom stereocenters. The molecule has 0 fully saturated rings. The van der Waals surface area contributed by atoms with Gasteiger partial charge in [-0.25, -0.2) is 0 Å². The number of carbonyl (C=O) groups excluding carboxylic acids is 1. The van der Waals surface area contributed by atoms with Crippen molar-refractivity contribution in [2.75, 3.05) is 13.2 Å². The van der Waals surface area contributed by atoms with Crippen molar-refractivity contribution >= 4 is 16.8 Å². The van der Waals surface area contributed by atoms with Crippen LogP contribution in [0.2, 0.25) is 0 Å². The van der Waals surface area contributed by atoms with Crippen molar-refractivity contribution in [3.8, 4) is 0 Å². The number of aliphatic hydroxyl groups is 1. The van der Waals surface area contributed by atoms with E-state index in [1.807, 2.05) is 47.3 Å². The molecular formula is C22H26N4O3. The summed E-state index contributed by atoms with van der Waals surface area (Å²) in [5.41, 5.74) is 3.60. The van der Waals surface area contributed by atoms with Crippen molar-refractivity contribution in [2.24, 2.45) is 0 Å². The van der Waals surface area contributed by atoms with Crippen molar-refractivity contribution in [1.82, 2.24) is 20.1 Å². The summed E-state index contributed by atoms with van der Waals surface area (Å²) < 4.78 is 7.93. The average Bonchev–Trinajstić information content (AvgIpc) is 3.15. The van der Waals surface area contributed by atoms with Crippen molar-refractivity contribution in [3.63, 3.8) is 0 Å². The number of ether oxygens (including phenoxy) is 1. The van der Waals surface area contributed by atoms with E-state index in [0.717, 1.165) is 47.2 Å². The normalized spacial score (nSPS) is 20.7. The van der Waals surface area contributed by atoms with E-state index in [4.69, 9.17) is 9.72 Å². The van der Waals surface area contributed by atoms with E-state index in [1.54, 1.807) is 0 Å². The van der Waals surface area contributed by atoms with Crippen LogP contribution in [0.25, 0.3) is 10.9 Å². The predicted molar refractivity (Wildman–Crippen MR) is 109 cm³/mol. The molecule has 0 radical (unpaired) electrons. The van der Waals surface area contributed by atoms with Gasteiger partial charge in [-0.05, 0) is 31.4 Å². The summed E-state index contributed by atoms with van der Waals surface area (Å²) >= 11 is 0. The highest BCUT2D eigenvalue weighted by Crippen LogP contribution is 2.23. The highest BCUT2D eigenvalue weighted by Gasteiger charge is 2.26. The molecule has 29 heavy (non-hydrogen) atoms. The summed E-state index contributed by atoms with van der Waals surface area (Å²) in [6.45, 7) is 3.11. The number of benzene rings is 1. The lowest BCUT2D eigenvalue weighted by Crippen LogP contribution is -2.40. The molecule has 2 N–H and O–H groups in total. The highest BCUT2D eigenvalue weighted by molar-refractivity contribution is 5.84. The van der Waals surface area contributed by atoms with Crippen LogP contribution < -0.4 is 5.32 Å². The lowest BCUT2D eigenvalue weighted by atomic mass is 10.0. The van der Waals surface area contributed by atoms with E-state index in [2.05, 4.69) is 17.3 Å². The Bertz CT molecular complexity index is 986. The predicted octanol–water partition coefficient (Wildman–Crippen LogP) is 2.17. The first kappa shape index (κ1) is 19.5. The maximum Gasteiger partial charge on any atom is 0.226 e. The quantitative estimate of drug-likeness (QED) is 0.711. The van der Waals surface area contributed by atoms with Gasteiger partial charge in [0.2, 0.25) is 5.91 Å². The van der Waals surface area contributed by atoms with Crippen LogP contribution in [-0.2, 0) is 28.9 Å². The Morgan fingerprint density at radius 2 is 2.14 bits per heavy atom. The van der Waals surface area contributed by atoms with Crippen LogP contribution in [-0.4, -0.2) is 45.1 Å². The van der Waals surface area contributed by atoms with Gasteiger partial charge in [0.25, 0.3) is 0 Å². The maximum absolute atomic E-state index is 12.8. The number of carbonyl (C=O) groups is 1. The van der Waals surface area contributed by atoms with Gasteiger partial charge < -0.3 is 15.2 Å². The molecule has 3 heterocycles. The summed E-state index contributed by atoms with van der Waals surface area (Å²) in [4.78, 5) is 17.6. The summed E-state index contributed by atoms with van der Waals surface area (Å²) in [7, 11) is 0. The number of aromatic nitrogens is 3. The fourth-order valence-corrected chi connectivity index (χ4v) is 3.93. The Hall–Kier alpha value is -2.77. The molecule has 3 aromatic rings. The largest absolute Gasteiger partial charge is 0.394 e. The Morgan fingerprint density at radius 1 is 1.31 bits per heavy atom. The minimum Gasteiger partial charge on any atom is -0.394 e. The van der Waals surface area contributed by atoms with Crippen LogP contribution in [0.3, 0.4) is 0 Å². The van der Waals surface area contributed by atoms with Crippen LogP contribution >= 0.6 is 0 Å². The highest BCUT2D eigenvalue weighted by atomic mass is 16.5. The molecule has 7 nitrogen and oxygen atoms in total. The molecule has 1 aliphatic heterocycles. The molecule has 4 rings (SSSR count). The summed E-state index contributed by atoms with van der Waals surface area (Å²) in [6.07, 6.45) is 3.00. The molecule has 0 spiro atoms. The standard InChI is InChI=1S/C22H26N4O3/c1-2-26-22-16(13-23-26)11-17-12-20(28)25-21(15-7-4-3-5-8-15)19(14-27)29-10-6-9-18(22)24-17/h3-5,7-8,11,13,19,21,27H,2,6,9-10,12,14H2,1H3,(H,25,28)/t19-,21+/m0/s1. The minimum atomic E-state index is -0.506.